The Morgan fingerprint density at radius 3 is 1.12 bits per heavy atom. The van der Waals surface area contributed by atoms with Crippen molar-refractivity contribution in [2.75, 3.05) is 19.8 Å². The van der Waals surface area contributed by atoms with Crippen LogP contribution < -0.4 is 0 Å². The van der Waals surface area contributed by atoms with Gasteiger partial charge in [-0.05, 0) is 50.1 Å². The minimum absolute atomic E-state index is 0.0224. The van der Waals surface area contributed by atoms with Gasteiger partial charge in [-0.1, -0.05) is 231 Å². The first-order chi connectivity index (χ1) is 45.6. The maximum Gasteiger partial charge on any atom is 0.187 e. The predicted octanol–water partition coefficient (Wildman–Crippen LogP) is 11.8. The number of rotatable bonds is 16. The molecule has 16 heteroatoms. The number of ether oxygens (including phenoxy) is 16. The third kappa shape index (κ3) is 15.7. The molecule has 8 aromatic carbocycles. The van der Waals surface area contributed by atoms with Gasteiger partial charge in [-0.15, -0.1) is 0 Å². The Morgan fingerprint density at radius 2 is 0.652 bits per heavy atom. The van der Waals surface area contributed by atoms with Crippen molar-refractivity contribution in [1.29, 1.82) is 0 Å². The Labute approximate surface area is 537 Å². The van der Waals surface area contributed by atoms with Crippen molar-refractivity contribution in [2.45, 2.75) is 158 Å². The van der Waals surface area contributed by atoms with Crippen LogP contribution in [0.3, 0.4) is 0 Å². The topological polar surface area (TPSA) is 148 Å². The molecule has 6 heterocycles. The zero-order valence-corrected chi connectivity index (χ0v) is 51.2. The van der Waals surface area contributed by atoms with Gasteiger partial charge in [0, 0.05) is 5.56 Å². The van der Waals surface area contributed by atoms with Gasteiger partial charge < -0.3 is 75.8 Å². The van der Waals surface area contributed by atoms with Gasteiger partial charge in [0.25, 0.3) is 0 Å². The molecule has 4 saturated heterocycles. The van der Waals surface area contributed by atoms with Crippen molar-refractivity contribution in [1.82, 2.24) is 0 Å². The highest BCUT2D eigenvalue weighted by molar-refractivity contribution is 5.25. The van der Waals surface area contributed by atoms with Crippen molar-refractivity contribution in [3.63, 3.8) is 0 Å². The van der Waals surface area contributed by atoms with Gasteiger partial charge in [-0.2, -0.15) is 0 Å². The molecule has 478 valence electrons. The Hall–Kier alpha value is -6.88. The van der Waals surface area contributed by atoms with Gasteiger partial charge in [0.1, 0.15) is 73.2 Å². The summed E-state index contributed by atoms with van der Waals surface area (Å²) in [5, 5.41) is 0. The molecule has 8 aromatic rings. The number of fused-ring (bicyclic) bond motifs is 13. The Balaban J connectivity index is 0.882. The van der Waals surface area contributed by atoms with E-state index in [1.165, 1.54) is 0 Å². The summed E-state index contributed by atoms with van der Waals surface area (Å²) < 4.78 is 115. The second kappa shape index (κ2) is 30.9. The van der Waals surface area contributed by atoms with E-state index in [4.69, 9.17) is 75.8 Å². The van der Waals surface area contributed by atoms with E-state index in [9.17, 15) is 0 Å². The van der Waals surface area contributed by atoms with E-state index in [1.54, 1.807) is 0 Å². The van der Waals surface area contributed by atoms with Gasteiger partial charge in [0.2, 0.25) is 0 Å². The first-order valence-corrected chi connectivity index (χ1v) is 32.0. The fourth-order valence-electron chi connectivity index (χ4n) is 12.8. The summed E-state index contributed by atoms with van der Waals surface area (Å²) in [5.74, 6) is 0. The zero-order valence-electron chi connectivity index (χ0n) is 51.2. The molecule has 4 fully saturated rings. The molecule has 0 amide bonds. The number of benzene rings is 8. The molecular weight excluding hydrogens is 1170 g/mol. The molecule has 6 aliphatic rings. The molecule has 6 aliphatic heterocycles. The van der Waals surface area contributed by atoms with Crippen LogP contribution in [0, 0.1) is 0 Å². The molecule has 0 aromatic heterocycles. The second-order valence-corrected chi connectivity index (χ2v) is 24.1. The largest absolute Gasteiger partial charge is 0.374 e. The van der Waals surface area contributed by atoms with Crippen LogP contribution >= 0.6 is 0 Å². The van der Waals surface area contributed by atoms with Crippen LogP contribution in [0.4, 0.5) is 0 Å². The van der Waals surface area contributed by atoms with Crippen LogP contribution in [0.2, 0.25) is 0 Å². The predicted molar refractivity (Wildman–Crippen MR) is 336 cm³/mol. The number of hydrogen-bond acceptors (Lipinski definition) is 16. The Kier molecular flexibility index (Phi) is 21.0. The van der Waals surface area contributed by atoms with Crippen LogP contribution in [0.5, 0.6) is 0 Å². The zero-order chi connectivity index (χ0) is 61.7. The van der Waals surface area contributed by atoms with Crippen LogP contribution in [0.1, 0.15) is 61.9 Å². The summed E-state index contributed by atoms with van der Waals surface area (Å²) in [5.41, 5.74) is 9.31. The van der Waals surface area contributed by atoms with Crippen LogP contribution in [0.25, 0.3) is 0 Å². The van der Waals surface area contributed by atoms with E-state index in [0.29, 0.717) is 0 Å². The molecular formula is C76H78O16. The smallest absolute Gasteiger partial charge is 0.187 e. The monoisotopic (exact) mass is 1250 g/mol. The lowest BCUT2D eigenvalue weighted by atomic mass is 9.94. The fourth-order valence-corrected chi connectivity index (χ4v) is 12.8. The molecule has 16 unspecified atom stereocenters. The molecule has 92 heavy (non-hydrogen) atoms. The highest BCUT2D eigenvalue weighted by Crippen LogP contribution is 2.42. The van der Waals surface area contributed by atoms with Crippen molar-refractivity contribution in [3.05, 3.63) is 286 Å². The normalized spacial score (nSPS) is 30.0. The third-order valence-electron chi connectivity index (χ3n) is 17.5. The second-order valence-electron chi connectivity index (χ2n) is 24.1. The average molecular weight is 1250 g/mol. The lowest BCUT2D eigenvalue weighted by molar-refractivity contribution is -0.406. The maximum absolute atomic E-state index is 7.70. The average Bonchev–Trinajstić information content (AvgIpc) is 0.822. The summed E-state index contributed by atoms with van der Waals surface area (Å²) in [7, 11) is 0. The minimum atomic E-state index is -1.21. The van der Waals surface area contributed by atoms with Gasteiger partial charge >= 0.3 is 0 Å². The quantitative estimate of drug-likeness (QED) is 0.0902. The summed E-state index contributed by atoms with van der Waals surface area (Å²) in [6.07, 6.45) is -14.4. The van der Waals surface area contributed by atoms with Gasteiger partial charge in [-0.3, -0.25) is 0 Å². The van der Waals surface area contributed by atoms with Crippen molar-refractivity contribution < 1.29 is 75.8 Å². The summed E-state index contributed by atoms with van der Waals surface area (Å²) in [4.78, 5) is 0. The molecule has 0 saturated carbocycles. The molecule has 14 rings (SSSR count). The highest BCUT2D eigenvalue weighted by Gasteiger charge is 2.58. The van der Waals surface area contributed by atoms with Gasteiger partial charge in [0.05, 0.1) is 79.3 Å². The molecule has 0 aliphatic carbocycles. The minimum Gasteiger partial charge on any atom is -0.374 e. The van der Waals surface area contributed by atoms with E-state index >= 15 is 0 Å². The van der Waals surface area contributed by atoms with E-state index in [2.05, 4.69) is 12.1 Å². The fraction of sp³-hybridized carbons (Fsp3) is 0.368. The van der Waals surface area contributed by atoms with Crippen LogP contribution in [-0.4, -0.2) is 112 Å². The SMILES string of the molecule is c1ccc(COC2OC3COCc4cccc(c4)COC4C5OC6OC7COC(c8ccccc8)OC7C(OCc7cccc(c7)COCC5OC(OC3C(OCc3ccccc3)C2OCc2ccccc2)C4OCc2ccccc2)C6OCc2ccccc2)cc1. The molecule has 16 nitrogen and oxygen atoms in total. The van der Waals surface area contributed by atoms with Gasteiger partial charge in [-0.25, -0.2) is 0 Å². The molecule has 0 radical (unpaired) electrons. The van der Waals surface area contributed by atoms with E-state index in [1.807, 2.05) is 218 Å². The van der Waals surface area contributed by atoms with Crippen molar-refractivity contribution in [2.24, 2.45) is 0 Å². The lowest BCUT2D eigenvalue weighted by Crippen LogP contribution is -2.68. The van der Waals surface area contributed by atoms with Crippen LogP contribution in [-0.2, 0) is 135 Å². The third-order valence-corrected chi connectivity index (χ3v) is 17.5. The summed E-state index contributed by atoms with van der Waals surface area (Å²) in [6.45, 7) is 2.14. The first kappa shape index (κ1) is 62.6. The van der Waals surface area contributed by atoms with Gasteiger partial charge in [0.15, 0.2) is 25.2 Å². The number of hydrogen-bond donors (Lipinski definition) is 0. The highest BCUT2D eigenvalue weighted by atomic mass is 16.8. The Morgan fingerprint density at radius 1 is 0.283 bits per heavy atom. The van der Waals surface area contributed by atoms with E-state index < -0.39 is 98.4 Å². The molecule has 0 N–H and O–H groups in total. The van der Waals surface area contributed by atoms with E-state index in [-0.39, 0.29) is 79.3 Å². The first-order valence-electron chi connectivity index (χ1n) is 32.0. The Bertz CT molecular complexity index is 3500. The van der Waals surface area contributed by atoms with E-state index in [0.717, 1.165) is 55.6 Å². The van der Waals surface area contributed by atoms with Crippen molar-refractivity contribution >= 4 is 0 Å². The maximum atomic E-state index is 7.70. The summed E-state index contributed by atoms with van der Waals surface area (Å²) in [6, 6.07) is 76.4. The molecule has 8 bridgehead atoms. The van der Waals surface area contributed by atoms with Crippen molar-refractivity contribution in [3.8, 4) is 0 Å². The summed E-state index contributed by atoms with van der Waals surface area (Å²) >= 11 is 0. The van der Waals surface area contributed by atoms with Crippen LogP contribution in [0.15, 0.2) is 231 Å². The molecule has 0 spiro atoms. The molecule has 16 atom stereocenters. The standard InChI is InChI=1S/C76H78O16/c1-7-21-51(22-8-1)41-79-67-64-61(87-74(85-45-55-29-15-5-16-30-55)70(67)82-42-52-23-9-2-10-24-52)48-77-39-56-31-19-33-58(37-56)46-80-68-65-62(88-75(91-64)71(68)83-43-53-25-11-3-12-26-53)49-78-40-57-32-20-34-59(38-57)47-81-69-66-63(50-86-73(90-66)60-35-17-6-18-36-60)89-76(92-65)72(69)84-44-54-27-13-4-14-28-54/h1-38,61-76H,39-50H2. The lowest BCUT2D eigenvalue weighted by Gasteiger charge is -2.52.